The fraction of sp³-hybridized carbons (Fsp3) is 0.706. The fourth-order valence-electron chi connectivity index (χ4n) is 3.60. The third-order valence-electron chi connectivity index (χ3n) is 4.84. The summed E-state index contributed by atoms with van der Waals surface area (Å²) in [5.74, 6) is 0.00848. The highest BCUT2D eigenvalue weighted by atomic mass is 32.1. The second-order valence-electron chi connectivity index (χ2n) is 7.03. The second-order valence-corrected chi connectivity index (χ2v) is 7.97. The Balaban J connectivity index is 1.72. The number of methoxy groups -OCH3 is 1. The lowest BCUT2D eigenvalue weighted by Gasteiger charge is -2.35. The van der Waals surface area contributed by atoms with Crippen LogP contribution in [0.25, 0.3) is 0 Å². The van der Waals surface area contributed by atoms with Gasteiger partial charge in [0.2, 0.25) is 5.91 Å². The number of hydrogen-bond acceptors (Lipinski definition) is 6. The van der Waals surface area contributed by atoms with E-state index in [4.69, 9.17) is 4.74 Å². The van der Waals surface area contributed by atoms with Gasteiger partial charge < -0.3 is 19.4 Å². The Morgan fingerprint density at radius 1 is 1.40 bits per heavy atom. The first kappa shape index (κ1) is 18.3. The van der Waals surface area contributed by atoms with E-state index in [0.717, 1.165) is 24.4 Å². The maximum atomic E-state index is 12.9. The maximum Gasteiger partial charge on any atom is 0.273 e. The van der Waals surface area contributed by atoms with Gasteiger partial charge in [0, 0.05) is 44.7 Å². The van der Waals surface area contributed by atoms with Crippen LogP contribution in [0.2, 0.25) is 0 Å². The Morgan fingerprint density at radius 2 is 2.20 bits per heavy atom. The number of hydrogen-bond donors (Lipinski definition) is 0. The highest BCUT2D eigenvalue weighted by Crippen LogP contribution is 2.29. The van der Waals surface area contributed by atoms with Crippen molar-refractivity contribution in [2.45, 2.75) is 25.4 Å². The SMILES string of the molecule is COCCN1C(=O)[C@H]2CC[C@@H]1CN(C(=O)c1csc(CN(C)C)n1)C2. The Morgan fingerprint density at radius 3 is 2.92 bits per heavy atom. The Labute approximate surface area is 152 Å². The molecule has 2 bridgehead atoms. The lowest BCUT2D eigenvalue weighted by atomic mass is 9.94. The highest BCUT2D eigenvalue weighted by molar-refractivity contribution is 7.09. The van der Waals surface area contributed by atoms with Crippen molar-refractivity contribution in [1.29, 1.82) is 0 Å². The van der Waals surface area contributed by atoms with E-state index < -0.39 is 0 Å². The number of carbonyl (C=O) groups is 2. The van der Waals surface area contributed by atoms with Crippen molar-refractivity contribution in [2.24, 2.45) is 5.92 Å². The molecule has 1 aromatic rings. The van der Waals surface area contributed by atoms with Crippen LogP contribution in [0.1, 0.15) is 28.3 Å². The molecule has 3 saturated heterocycles. The van der Waals surface area contributed by atoms with E-state index in [9.17, 15) is 9.59 Å². The first-order valence-electron chi connectivity index (χ1n) is 8.67. The van der Waals surface area contributed by atoms with Gasteiger partial charge in [-0.3, -0.25) is 9.59 Å². The summed E-state index contributed by atoms with van der Waals surface area (Å²) in [6, 6.07) is 0.0882. The summed E-state index contributed by atoms with van der Waals surface area (Å²) in [6.45, 7) is 2.95. The minimum Gasteiger partial charge on any atom is -0.383 e. The monoisotopic (exact) mass is 366 g/mol. The van der Waals surface area contributed by atoms with Crippen LogP contribution < -0.4 is 0 Å². The van der Waals surface area contributed by atoms with E-state index in [-0.39, 0.29) is 23.8 Å². The van der Waals surface area contributed by atoms with Gasteiger partial charge in [0.25, 0.3) is 5.91 Å². The topological polar surface area (TPSA) is 66.0 Å². The molecule has 138 valence electrons. The summed E-state index contributed by atoms with van der Waals surface area (Å²) in [5.41, 5.74) is 0.499. The number of amides is 2. The van der Waals surface area contributed by atoms with Gasteiger partial charge in [-0.05, 0) is 26.9 Å². The van der Waals surface area contributed by atoms with Gasteiger partial charge in [0.05, 0.1) is 12.5 Å². The fourth-order valence-corrected chi connectivity index (χ4v) is 4.49. The Bertz CT molecular complexity index is 633. The predicted octanol–water partition coefficient (Wildman–Crippen LogP) is 0.914. The molecule has 0 aromatic carbocycles. The van der Waals surface area contributed by atoms with E-state index in [1.54, 1.807) is 7.11 Å². The number of nitrogens with zero attached hydrogens (tertiary/aromatic N) is 4. The number of carbonyl (C=O) groups excluding carboxylic acids is 2. The molecule has 2 atom stereocenters. The number of aromatic nitrogens is 1. The molecule has 3 aliphatic rings. The number of fused-ring (bicyclic) bond motifs is 4. The molecule has 0 N–H and O–H groups in total. The second kappa shape index (κ2) is 7.80. The summed E-state index contributed by atoms with van der Waals surface area (Å²) >= 11 is 1.51. The quantitative estimate of drug-likeness (QED) is 0.749. The molecule has 0 saturated carbocycles. The zero-order chi connectivity index (χ0) is 18.0. The maximum absolute atomic E-state index is 12.9. The Kier molecular flexibility index (Phi) is 5.71. The third-order valence-corrected chi connectivity index (χ3v) is 5.67. The van der Waals surface area contributed by atoms with E-state index in [0.29, 0.717) is 31.9 Å². The standard InChI is InChI=1S/C17H26N4O3S/c1-19(2)10-15-18-14(11-25-15)17(23)20-8-12-4-5-13(9-20)21(16(12)22)6-7-24-3/h11-13H,4-10H2,1-3H3/t12-,13+/m0/s1. The van der Waals surface area contributed by atoms with Crippen molar-refractivity contribution >= 4 is 23.2 Å². The van der Waals surface area contributed by atoms with Crippen molar-refractivity contribution in [3.8, 4) is 0 Å². The molecular weight excluding hydrogens is 340 g/mol. The van der Waals surface area contributed by atoms with Crippen molar-refractivity contribution in [2.75, 3.05) is 47.4 Å². The summed E-state index contributed by atoms with van der Waals surface area (Å²) in [7, 11) is 5.61. The molecule has 0 aliphatic carbocycles. The van der Waals surface area contributed by atoms with Crippen LogP contribution in [-0.4, -0.2) is 85.0 Å². The van der Waals surface area contributed by atoms with Gasteiger partial charge in [-0.15, -0.1) is 11.3 Å². The average molecular weight is 366 g/mol. The van der Waals surface area contributed by atoms with E-state index in [2.05, 4.69) is 4.98 Å². The van der Waals surface area contributed by atoms with Crippen LogP contribution >= 0.6 is 11.3 Å². The predicted molar refractivity (Wildman–Crippen MR) is 95.5 cm³/mol. The lowest BCUT2D eigenvalue weighted by molar-refractivity contribution is -0.140. The molecule has 0 radical (unpaired) electrons. The number of thiazole rings is 1. The first-order chi connectivity index (χ1) is 12.0. The van der Waals surface area contributed by atoms with Crippen molar-refractivity contribution in [3.63, 3.8) is 0 Å². The average Bonchev–Trinajstić information content (AvgIpc) is 2.85. The molecule has 3 fully saturated rings. The van der Waals surface area contributed by atoms with Gasteiger partial charge >= 0.3 is 0 Å². The lowest BCUT2D eigenvalue weighted by Crippen LogP contribution is -2.49. The molecular formula is C17H26N4O3S. The van der Waals surface area contributed by atoms with Gasteiger partial charge in [-0.25, -0.2) is 4.98 Å². The zero-order valence-electron chi connectivity index (χ0n) is 15.1. The van der Waals surface area contributed by atoms with Crippen LogP contribution in [0.5, 0.6) is 0 Å². The zero-order valence-corrected chi connectivity index (χ0v) is 15.9. The van der Waals surface area contributed by atoms with Crippen LogP contribution in [0.4, 0.5) is 0 Å². The van der Waals surface area contributed by atoms with Gasteiger partial charge in [-0.1, -0.05) is 0 Å². The van der Waals surface area contributed by atoms with Gasteiger partial charge in [0.15, 0.2) is 0 Å². The Hall–Kier alpha value is -1.51. The number of ether oxygens (including phenoxy) is 1. The first-order valence-corrected chi connectivity index (χ1v) is 9.55. The molecule has 25 heavy (non-hydrogen) atoms. The van der Waals surface area contributed by atoms with E-state index >= 15 is 0 Å². The molecule has 8 heteroatoms. The molecule has 2 amide bonds. The largest absolute Gasteiger partial charge is 0.383 e. The number of rotatable bonds is 6. The summed E-state index contributed by atoms with van der Waals surface area (Å²) in [5, 5.41) is 2.77. The molecule has 0 unspecified atom stereocenters. The van der Waals surface area contributed by atoms with Crippen LogP contribution in [-0.2, 0) is 16.1 Å². The number of piperidine rings is 1. The molecule has 0 spiro atoms. The minimum absolute atomic E-state index is 0.0560. The highest BCUT2D eigenvalue weighted by Gasteiger charge is 2.42. The van der Waals surface area contributed by atoms with E-state index in [1.165, 1.54) is 11.3 Å². The summed E-state index contributed by atoms with van der Waals surface area (Å²) in [4.78, 5) is 35.8. The van der Waals surface area contributed by atoms with Crippen LogP contribution in [0.15, 0.2) is 5.38 Å². The van der Waals surface area contributed by atoms with Crippen molar-refractivity contribution < 1.29 is 14.3 Å². The normalized spacial score (nSPS) is 23.4. The van der Waals surface area contributed by atoms with Crippen molar-refractivity contribution in [3.05, 3.63) is 16.1 Å². The molecule has 4 rings (SSSR count). The van der Waals surface area contributed by atoms with Crippen LogP contribution in [0.3, 0.4) is 0 Å². The smallest absolute Gasteiger partial charge is 0.273 e. The molecule has 3 aliphatic heterocycles. The van der Waals surface area contributed by atoms with Gasteiger partial charge in [-0.2, -0.15) is 0 Å². The van der Waals surface area contributed by atoms with Crippen LogP contribution in [0, 0.1) is 5.92 Å². The van der Waals surface area contributed by atoms with Crippen molar-refractivity contribution in [1.82, 2.24) is 19.7 Å². The van der Waals surface area contributed by atoms with Gasteiger partial charge in [0.1, 0.15) is 10.7 Å². The summed E-state index contributed by atoms with van der Waals surface area (Å²) in [6.07, 6.45) is 1.81. The third kappa shape index (κ3) is 4.02. The van der Waals surface area contributed by atoms with E-state index in [1.807, 2.05) is 34.2 Å². The minimum atomic E-state index is -0.0977. The molecule has 7 nitrogen and oxygen atoms in total. The molecule has 1 aromatic heterocycles. The summed E-state index contributed by atoms with van der Waals surface area (Å²) < 4.78 is 5.13. The molecule has 4 heterocycles.